The highest BCUT2D eigenvalue weighted by Gasteiger charge is 2.05. The van der Waals surface area contributed by atoms with E-state index in [1.54, 1.807) is 6.07 Å². The molecule has 0 atom stereocenters. The summed E-state index contributed by atoms with van der Waals surface area (Å²) in [5, 5.41) is 21.1. The van der Waals surface area contributed by atoms with Crippen LogP contribution in [0.5, 0.6) is 5.75 Å². The third-order valence-electron chi connectivity index (χ3n) is 4.62. The van der Waals surface area contributed by atoms with Crippen molar-refractivity contribution in [2.45, 2.75) is 0 Å². The van der Waals surface area contributed by atoms with Crippen LogP contribution in [0, 0.1) is 0 Å². The minimum Gasteiger partial charge on any atom is -0.289 e. The Hall–Kier alpha value is -3.06. The Morgan fingerprint density at radius 1 is 0.435 bits per heavy atom. The first-order valence-electron chi connectivity index (χ1n) is 7.74. The standard InChI is InChI=1S/C22H13O/c23-22-7-3-6-16-10-19-11-17-8-14-4-1-2-5-15(14)9-18(17)12-20(19)13-21(16)22/h1-13H. The fourth-order valence-corrected chi connectivity index (χ4v) is 3.44. The quantitative estimate of drug-likeness (QED) is 0.293. The third-order valence-corrected chi connectivity index (χ3v) is 4.62. The van der Waals surface area contributed by atoms with E-state index in [2.05, 4.69) is 54.6 Å². The van der Waals surface area contributed by atoms with Gasteiger partial charge < -0.3 is 0 Å². The molecule has 1 nitrogen and oxygen atoms in total. The lowest BCUT2D eigenvalue weighted by Crippen LogP contribution is -1.80. The maximum Gasteiger partial charge on any atom is 0.186 e. The van der Waals surface area contributed by atoms with Crippen LogP contribution in [-0.4, -0.2) is 0 Å². The van der Waals surface area contributed by atoms with Gasteiger partial charge in [0.2, 0.25) is 0 Å². The number of fused-ring (bicyclic) bond motifs is 4. The van der Waals surface area contributed by atoms with Gasteiger partial charge in [-0.3, -0.25) is 5.11 Å². The zero-order valence-electron chi connectivity index (χ0n) is 12.4. The molecular weight excluding hydrogens is 280 g/mol. The van der Waals surface area contributed by atoms with Crippen LogP contribution in [0.25, 0.3) is 43.1 Å². The molecule has 0 heterocycles. The summed E-state index contributed by atoms with van der Waals surface area (Å²) in [5.41, 5.74) is 0. The Kier molecular flexibility index (Phi) is 2.42. The molecule has 0 aliphatic carbocycles. The zero-order chi connectivity index (χ0) is 15.4. The highest BCUT2D eigenvalue weighted by Crippen LogP contribution is 2.33. The second-order valence-corrected chi connectivity index (χ2v) is 6.08. The fourth-order valence-electron chi connectivity index (χ4n) is 3.44. The molecule has 107 valence electrons. The molecule has 5 aromatic carbocycles. The molecule has 0 N–H and O–H groups in total. The Morgan fingerprint density at radius 3 is 1.57 bits per heavy atom. The molecule has 0 fully saturated rings. The van der Waals surface area contributed by atoms with Crippen LogP contribution >= 0.6 is 0 Å². The normalized spacial score (nSPS) is 11.7. The van der Waals surface area contributed by atoms with Crippen molar-refractivity contribution in [1.29, 1.82) is 0 Å². The molecule has 0 aromatic heterocycles. The summed E-state index contributed by atoms with van der Waals surface area (Å²) in [6.45, 7) is 0. The van der Waals surface area contributed by atoms with Crippen molar-refractivity contribution in [3.05, 3.63) is 78.9 Å². The molecule has 0 bridgehead atoms. The van der Waals surface area contributed by atoms with Crippen molar-refractivity contribution in [1.82, 2.24) is 0 Å². The Labute approximate surface area is 133 Å². The van der Waals surface area contributed by atoms with Gasteiger partial charge in [0.05, 0.1) is 0 Å². The van der Waals surface area contributed by atoms with Gasteiger partial charge in [0.1, 0.15) is 0 Å². The number of benzene rings is 5. The third kappa shape index (κ3) is 1.87. The van der Waals surface area contributed by atoms with Gasteiger partial charge in [-0.15, -0.1) is 0 Å². The van der Waals surface area contributed by atoms with E-state index in [0.29, 0.717) is 0 Å². The highest BCUT2D eigenvalue weighted by molar-refractivity contribution is 6.08. The molecule has 0 saturated carbocycles. The summed E-state index contributed by atoms with van der Waals surface area (Å²) in [4.78, 5) is 0. The molecule has 5 aromatic rings. The highest BCUT2D eigenvalue weighted by atomic mass is 16.3. The molecule has 1 radical (unpaired) electrons. The molecule has 1 heteroatoms. The van der Waals surface area contributed by atoms with E-state index in [9.17, 15) is 5.11 Å². The van der Waals surface area contributed by atoms with Gasteiger partial charge >= 0.3 is 0 Å². The van der Waals surface area contributed by atoms with Crippen LogP contribution < -0.4 is 0 Å². The molecule has 0 amide bonds. The van der Waals surface area contributed by atoms with Crippen LogP contribution in [0.1, 0.15) is 0 Å². The first-order valence-corrected chi connectivity index (χ1v) is 7.74. The molecule has 0 unspecified atom stereocenters. The van der Waals surface area contributed by atoms with Crippen molar-refractivity contribution in [2.75, 3.05) is 0 Å². The van der Waals surface area contributed by atoms with E-state index >= 15 is 0 Å². The van der Waals surface area contributed by atoms with E-state index in [0.717, 1.165) is 16.2 Å². The lowest BCUT2D eigenvalue weighted by Gasteiger charge is -2.07. The number of rotatable bonds is 0. The van der Waals surface area contributed by atoms with Crippen molar-refractivity contribution >= 4 is 43.1 Å². The predicted octanol–water partition coefficient (Wildman–Crippen LogP) is 6.44. The smallest absolute Gasteiger partial charge is 0.186 e. The van der Waals surface area contributed by atoms with Crippen LogP contribution in [0.3, 0.4) is 0 Å². The van der Waals surface area contributed by atoms with E-state index in [1.807, 2.05) is 18.2 Å². The average molecular weight is 293 g/mol. The summed E-state index contributed by atoms with van der Waals surface area (Å²) in [5.74, 6) is 0.0861. The SMILES string of the molecule is [O]c1cccc2cc3cc4cc5ccccc5cc4cc3cc12. The van der Waals surface area contributed by atoms with Crippen molar-refractivity contribution in [3.8, 4) is 5.75 Å². The Balaban J connectivity index is 1.93. The second kappa shape index (κ2) is 4.47. The van der Waals surface area contributed by atoms with Gasteiger partial charge in [-0.2, -0.15) is 0 Å². The van der Waals surface area contributed by atoms with Gasteiger partial charge in [0, 0.05) is 5.39 Å². The van der Waals surface area contributed by atoms with Crippen molar-refractivity contribution in [3.63, 3.8) is 0 Å². The van der Waals surface area contributed by atoms with Gasteiger partial charge in [-0.1, -0.05) is 36.4 Å². The monoisotopic (exact) mass is 293 g/mol. The van der Waals surface area contributed by atoms with Crippen LogP contribution in [-0.2, 0) is 5.11 Å². The largest absolute Gasteiger partial charge is 0.289 e. The molecule has 0 aliphatic heterocycles. The van der Waals surface area contributed by atoms with Gasteiger partial charge in [0.15, 0.2) is 5.75 Å². The molecule has 0 saturated heterocycles. The Morgan fingerprint density at radius 2 is 0.913 bits per heavy atom. The number of hydrogen-bond donors (Lipinski definition) is 0. The summed E-state index contributed by atoms with van der Waals surface area (Å²) in [6.07, 6.45) is 0. The maximum atomic E-state index is 12.1. The lowest BCUT2D eigenvalue weighted by molar-refractivity contribution is 0.360. The lowest BCUT2D eigenvalue weighted by atomic mass is 9.97. The molecule has 5 rings (SSSR count). The van der Waals surface area contributed by atoms with Crippen molar-refractivity contribution < 1.29 is 5.11 Å². The summed E-state index contributed by atoms with van der Waals surface area (Å²) < 4.78 is 0. The van der Waals surface area contributed by atoms with E-state index < -0.39 is 0 Å². The predicted molar refractivity (Wildman–Crippen MR) is 96.6 cm³/mol. The van der Waals surface area contributed by atoms with E-state index in [4.69, 9.17) is 0 Å². The summed E-state index contributed by atoms with van der Waals surface area (Å²) in [6, 6.07) is 26.8. The van der Waals surface area contributed by atoms with Gasteiger partial charge in [0.25, 0.3) is 0 Å². The minimum atomic E-state index is 0.0861. The first-order chi connectivity index (χ1) is 11.3. The maximum absolute atomic E-state index is 12.1. The van der Waals surface area contributed by atoms with Crippen LogP contribution in [0.2, 0.25) is 0 Å². The van der Waals surface area contributed by atoms with Crippen LogP contribution in [0.4, 0.5) is 0 Å². The topological polar surface area (TPSA) is 19.9 Å². The molecule has 0 spiro atoms. The molecule has 0 aliphatic rings. The van der Waals surface area contributed by atoms with Gasteiger partial charge in [-0.05, 0) is 80.2 Å². The molecular formula is C22H13O. The van der Waals surface area contributed by atoms with Crippen LogP contribution in [0.15, 0.2) is 78.9 Å². The second-order valence-electron chi connectivity index (χ2n) is 6.08. The van der Waals surface area contributed by atoms with Crippen molar-refractivity contribution in [2.24, 2.45) is 0 Å². The first kappa shape index (κ1) is 12.5. The Bertz CT molecular complexity index is 1220. The van der Waals surface area contributed by atoms with E-state index in [-0.39, 0.29) is 5.75 Å². The minimum absolute atomic E-state index is 0.0861. The zero-order valence-corrected chi connectivity index (χ0v) is 12.4. The average Bonchev–Trinajstić information content (AvgIpc) is 2.57. The fraction of sp³-hybridized carbons (Fsp3) is 0. The summed E-state index contributed by atoms with van der Waals surface area (Å²) >= 11 is 0. The van der Waals surface area contributed by atoms with E-state index in [1.165, 1.54) is 26.9 Å². The summed E-state index contributed by atoms with van der Waals surface area (Å²) in [7, 11) is 0. The number of hydrogen-bond acceptors (Lipinski definition) is 0. The van der Waals surface area contributed by atoms with Gasteiger partial charge in [-0.25, -0.2) is 0 Å². The molecule has 23 heavy (non-hydrogen) atoms.